The van der Waals surface area contributed by atoms with Crippen molar-refractivity contribution < 1.29 is 4.79 Å². The Morgan fingerprint density at radius 1 is 1.00 bits per heavy atom. The summed E-state index contributed by atoms with van der Waals surface area (Å²) in [6.45, 7) is 7.05. The third-order valence-corrected chi connectivity index (χ3v) is 6.13. The zero-order chi connectivity index (χ0) is 21.5. The zero-order valence-corrected chi connectivity index (χ0v) is 18.2. The predicted molar refractivity (Wildman–Crippen MR) is 124 cm³/mol. The summed E-state index contributed by atoms with van der Waals surface area (Å²) in [6.07, 6.45) is 3.63. The first-order valence-electron chi connectivity index (χ1n) is 10.9. The monoisotopic (exact) mass is 410 g/mol. The van der Waals surface area contributed by atoms with Crippen molar-refractivity contribution in [1.29, 1.82) is 0 Å². The number of imidazole rings is 1. The molecule has 0 fully saturated rings. The highest BCUT2D eigenvalue weighted by molar-refractivity contribution is 5.79. The van der Waals surface area contributed by atoms with Crippen LogP contribution in [0.2, 0.25) is 0 Å². The number of hydrogen-bond donors (Lipinski definition) is 1. The Kier molecular flexibility index (Phi) is 4.81. The van der Waals surface area contributed by atoms with Crippen molar-refractivity contribution >= 4 is 28.8 Å². The van der Waals surface area contributed by atoms with E-state index in [2.05, 4.69) is 48.0 Å². The summed E-state index contributed by atoms with van der Waals surface area (Å²) in [5.41, 5.74) is 10.8. The molecule has 5 nitrogen and oxygen atoms in total. The van der Waals surface area contributed by atoms with Gasteiger partial charge in [0.05, 0.1) is 6.54 Å². The number of nitrogens with zero attached hydrogens (tertiary/aromatic N) is 3. The first-order valence-corrected chi connectivity index (χ1v) is 10.9. The molecular weight excluding hydrogens is 384 g/mol. The molecular formula is C26H26N4O. The number of carbonyl (C=O) groups excluding carboxylic acids is 1. The summed E-state index contributed by atoms with van der Waals surface area (Å²) < 4.78 is 2.26. The second-order valence-electron chi connectivity index (χ2n) is 8.37. The van der Waals surface area contributed by atoms with Gasteiger partial charge in [-0.3, -0.25) is 4.79 Å². The maximum absolute atomic E-state index is 11.1. The molecule has 0 aliphatic carbocycles. The van der Waals surface area contributed by atoms with E-state index in [9.17, 15) is 4.79 Å². The van der Waals surface area contributed by atoms with Crippen molar-refractivity contribution in [2.75, 3.05) is 5.32 Å². The smallest absolute Gasteiger partial charge is 0.160 e. The SMILES string of the molecule is CCc1nc2c(C)cc(C)nc2n1Cc1ccc2c(c1)CCc1cc(C=O)ccc1N2. The summed E-state index contributed by atoms with van der Waals surface area (Å²) in [5, 5.41) is 3.56. The molecule has 5 rings (SSSR count). The lowest BCUT2D eigenvalue weighted by molar-refractivity contribution is 0.112. The van der Waals surface area contributed by atoms with E-state index in [1.54, 1.807) is 0 Å². The molecule has 0 atom stereocenters. The van der Waals surface area contributed by atoms with Gasteiger partial charge >= 0.3 is 0 Å². The fourth-order valence-electron chi connectivity index (χ4n) is 4.57. The van der Waals surface area contributed by atoms with Gasteiger partial charge in [0, 0.05) is 29.1 Å². The molecule has 31 heavy (non-hydrogen) atoms. The summed E-state index contributed by atoms with van der Waals surface area (Å²) >= 11 is 0. The summed E-state index contributed by atoms with van der Waals surface area (Å²) in [4.78, 5) is 20.8. The molecule has 2 aromatic heterocycles. The van der Waals surface area contributed by atoms with Gasteiger partial charge in [0.1, 0.15) is 17.6 Å². The highest BCUT2D eigenvalue weighted by atomic mass is 16.1. The molecule has 0 spiro atoms. The van der Waals surface area contributed by atoms with Gasteiger partial charge in [0.2, 0.25) is 0 Å². The standard InChI is InChI=1S/C26H26N4O/c1-4-24-29-25-16(2)11-17(3)27-26(25)30(24)14-18-5-9-22-20(12-18)7-8-21-13-19(15-31)6-10-23(21)28-22/h5-6,9-13,15,28H,4,7-8,14H2,1-3H3. The van der Waals surface area contributed by atoms with Crippen LogP contribution < -0.4 is 5.32 Å². The Hall–Kier alpha value is -3.47. The van der Waals surface area contributed by atoms with Crippen LogP contribution in [0.3, 0.4) is 0 Å². The minimum absolute atomic E-state index is 0.726. The quantitative estimate of drug-likeness (QED) is 0.463. The third-order valence-electron chi connectivity index (χ3n) is 6.13. The Morgan fingerprint density at radius 2 is 1.74 bits per heavy atom. The Bertz CT molecular complexity index is 1320. The van der Waals surface area contributed by atoms with Crippen LogP contribution in [0.4, 0.5) is 11.4 Å². The number of fused-ring (bicyclic) bond motifs is 3. The van der Waals surface area contributed by atoms with Crippen LogP contribution in [-0.2, 0) is 25.8 Å². The van der Waals surface area contributed by atoms with Crippen LogP contribution in [0.25, 0.3) is 11.2 Å². The van der Waals surface area contributed by atoms with Gasteiger partial charge in [-0.25, -0.2) is 9.97 Å². The zero-order valence-electron chi connectivity index (χ0n) is 18.2. The van der Waals surface area contributed by atoms with E-state index in [1.807, 2.05) is 25.1 Å². The number of carbonyl (C=O) groups is 1. The van der Waals surface area contributed by atoms with E-state index in [1.165, 1.54) is 22.3 Å². The van der Waals surface area contributed by atoms with Gasteiger partial charge in [-0.2, -0.15) is 0 Å². The van der Waals surface area contributed by atoms with E-state index in [0.717, 1.165) is 71.7 Å². The average Bonchev–Trinajstić information content (AvgIpc) is 3.00. The number of aldehydes is 1. The number of anilines is 2. The van der Waals surface area contributed by atoms with Crippen molar-refractivity contribution in [2.24, 2.45) is 0 Å². The molecule has 0 saturated carbocycles. The first-order chi connectivity index (χ1) is 15.1. The summed E-state index contributed by atoms with van der Waals surface area (Å²) in [6, 6.07) is 14.6. The lowest BCUT2D eigenvalue weighted by Gasteiger charge is -2.13. The van der Waals surface area contributed by atoms with Gasteiger partial charge in [-0.1, -0.05) is 19.1 Å². The Labute approximate surface area is 182 Å². The Morgan fingerprint density at radius 3 is 2.48 bits per heavy atom. The molecule has 2 aromatic carbocycles. The van der Waals surface area contributed by atoms with Gasteiger partial charge in [0.15, 0.2) is 5.65 Å². The fraction of sp³-hybridized carbons (Fsp3) is 0.269. The second kappa shape index (κ2) is 7.65. The van der Waals surface area contributed by atoms with Gasteiger partial charge in [-0.15, -0.1) is 0 Å². The van der Waals surface area contributed by atoms with Crippen molar-refractivity contribution in [3.63, 3.8) is 0 Å². The lowest BCUT2D eigenvalue weighted by atomic mass is 10.0. The number of nitrogens with one attached hydrogen (secondary N) is 1. The van der Waals surface area contributed by atoms with E-state index in [4.69, 9.17) is 9.97 Å². The predicted octanol–water partition coefficient (Wildman–Crippen LogP) is 5.31. The molecule has 1 aliphatic heterocycles. The maximum Gasteiger partial charge on any atom is 0.160 e. The molecule has 1 aliphatic rings. The molecule has 3 heterocycles. The molecule has 1 N–H and O–H groups in total. The number of rotatable bonds is 4. The highest BCUT2D eigenvalue weighted by Crippen LogP contribution is 2.31. The van der Waals surface area contributed by atoms with E-state index in [0.29, 0.717) is 0 Å². The van der Waals surface area contributed by atoms with Crippen molar-refractivity contribution in [1.82, 2.24) is 14.5 Å². The number of benzene rings is 2. The molecule has 0 unspecified atom stereocenters. The van der Waals surface area contributed by atoms with E-state index in [-0.39, 0.29) is 0 Å². The molecule has 5 heteroatoms. The van der Waals surface area contributed by atoms with Crippen LogP contribution in [-0.4, -0.2) is 20.8 Å². The third kappa shape index (κ3) is 3.50. The topological polar surface area (TPSA) is 59.8 Å². The average molecular weight is 411 g/mol. The molecule has 156 valence electrons. The van der Waals surface area contributed by atoms with Gasteiger partial charge in [-0.05, 0) is 79.3 Å². The summed E-state index contributed by atoms with van der Waals surface area (Å²) in [7, 11) is 0. The number of hydrogen-bond acceptors (Lipinski definition) is 4. The fourth-order valence-corrected chi connectivity index (χ4v) is 4.57. The van der Waals surface area contributed by atoms with Crippen LogP contribution in [0, 0.1) is 13.8 Å². The molecule has 0 saturated heterocycles. The van der Waals surface area contributed by atoms with Crippen molar-refractivity contribution in [3.05, 3.63) is 81.8 Å². The molecule has 0 radical (unpaired) electrons. The number of pyridine rings is 1. The Balaban J connectivity index is 1.50. The van der Waals surface area contributed by atoms with Crippen molar-refractivity contribution in [3.8, 4) is 0 Å². The largest absolute Gasteiger partial charge is 0.355 e. The second-order valence-corrected chi connectivity index (χ2v) is 8.37. The van der Waals surface area contributed by atoms with E-state index < -0.39 is 0 Å². The van der Waals surface area contributed by atoms with Crippen LogP contribution >= 0.6 is 0 Å². The maximum atomic E-state index is 11.1. The van der Waals surface area contributed by atoms with Crippen LogP contribution in [0.5, 0.6) is 0 Å². The minimum Gasteiger partial charge on any atom is -0.355 e. The normalized spacial score (nSPS) is 12.7. The van der Waals surface area contributed by atoms with E-state index >= 15 is 0 Å². The molecule has 0 amide bonds. The number of aryl methyl sites for hydroxylation is 5. The van der Waals surface area contributed by atoms with Crippen LogP contribution in [0.1, 0.15) is 51.1 Å². The lowest BCUT2D eigenvalue weighted by Crippen LogP contribution is -2.06. The summed E-state index contributed by atoms with van der Waals surface area (Å²) in [5.74, 6) is 1.07. The van der Waals surface area contributed by atoms with Gasteiger partial charge in [0.25, 0.3) is 0 Å². The van der Waals surface area contributed by atoms with Crippen LogP contribution in [0.15, 0.2) is 42.5 Å². The highest BCUT2D eigenvalue weighted by Gasteiger charge is 2.16. The molecule has 4 aromatic rings. The molecule has 0 bridgehead atoms. The minimum atomic E-state index is 0.726. The first kappa shape index (κ1) is 19.5. The number of aromatic nitrogens is 3. The van der Waals surface area contributed by atoms with Crippen molar-refractivity contribution in [2.45, 2.75) is 46.6 Å². The van der Waals surface area contributed by atoms with Gasteiger partial charge < -0.3 is 9.88 Å².